The molecule has 4 nitrogen and oxygen atoms in total. The van der Waals surface area contributed by atoms with Crippen LogP contribution in [-0.4, -0.2) is 36.9 Å². The highest BCUT2D eigenvalue weighted by molar-refractivity contribution is 5.85. The number of hydrogen-bond donors (Lipinski definition) is 1. The Morgan fingerprint density at radius 1 is 1.03 bits per heavy atom. The number of rotatable bonds is 5. The standard InChI is InChI=1S/C30H49NO3/c1-19(2)22-11-14-28(4)21-10-9-20-7-6-8-23(20)30(28,26(22)31-17-21)16-12-24(32)27(3)18-33-29(5)15-13-25(27)34-29/h19-23,25-26,31H,6-18H2,1-5H3/t20-,21-,22-,23-,25+,26+,27+,28+,29-,30+/m1/s1. The maximum absolute atomic E-state index is 14.0. The van der Waals surface area contributed by atoms with Gasteiger partial charge >= 0.3 is 0 Å². The first kappa shape index (κ1) is 23.9. The van der Waals surface area contributed by atoms with Crippen LogP contribution < -0.4 is 5.32 Å². The number of carbonyl (C=O) groups is 1. The molecule has 1 N–H and O–H groups in total. The van der Waals surface area contributed by atoms with Crippen LogP contribution in [-0.2, 0) is 14.3 Å². The number of Topliss-reactive ketones (excluding diaryl/α,β-unsaturated/α-hetero) is 1. The van der Waals surface area contributed by atoms with Crippen LogP contribution in [0.5, 0.6) is 0 Å². The fraction of sp³-hybridized carbons (Fsp3) is 0.967. The molecule has 3 heterocycles. The minimum atomic E-state index is -0.485. The van der Waals surface area contributed by atoms with E-state index in [1.54, 1.807) is 0 Å². The summed E-state index contributed by atoms with van der Waals surface area (Å²) in [5.41, 5.74) is 0.138. The summed E-state index contributed by atoms with van der Waals surface area (Å²) in [6.45, 7) is 13.5. The Kier molecular flexibility index (Phi) is 5.64. The van der Waals surface area contributed by atoms with E-state index >= 15 is 0 Å². The van der Waals surface area contributed by atoms with E-state index in [4.69, 9.17) is 9.47 Å². The van der Waals surface area contributed by atoms with E-state index in [1.165, 1.54) is 51.5 Å². The van der Waals surface area contributed by atoms with Gasteiger partial charge in [0.15, 0.2) is 5.79 Å². The highest BCUT2D eigenvalue weighted by Gasteiger charge is 2.68. The Morgan fingerprint density at radius 3 is 2.65 bits per heavy atom. The molecule has 10 atom stereocenters. The molecule has 6 aliphatic rings. The van der Waals surface area contributed by atoms with Gasteiger partial charge in [-0.25, -0.2) is 0 Å². The van der Waals surface area contributed by atoms with Crippen LogP contribution in [0.2, 0.25) is 0 Å². The minimum Gasteiger partial charge on any atom is -0.349 e. The van der Waals surface area contributed by atoms with Crippen LogP contribution in [0.15, 0.2) is 0 Å². The molecular weight excluding hydrogens is 422 g/mol. The SMILES string of the molecule is CC(C)[C@H]1CC[C@@]2(C)[C@@H]3CC[C@H]4CCC[C@H]4[C@@]2(CCC(=O)[C@]2(C)CO[C@@]4(C)CC[C@@H]2O4)[C@H]1NC3. The van der Waals surface area contributed by atoms with Gasteiger partial charge in [-0.2, -0.15) is 0 Å². The maximum atomic E-state index is 14.0. The zero-order valence-electron chi connectivity index (χ0n) is 22.5. The molecule has 0 aromatic rings. The monoisotopic (exact) mass is 471 g/mol. The van der Waals surface area contributed by atoms with Gasteiger partial charge < -0.3 is 14.8 Å². The van der Waals surface area contributed by atoms with Crippen molar-refractivity contribution in [3.8, 4) is 0 Å². The van der Waals surface area contributed by atoms with Crippen molar-refractivity contribution in [3.63, 3.8) is 0 Å². The molecule has 0 spiro atoms. The van der Waals surface area contributed by atoms with Crippen LogP contribution >= 0.6 is 0 Å². The van der Waals surface area contributed by atoms with Gasteiger partial charge in [0.05, 0.1) is 18.1 Å². The highest BCUT2D eigenvalue weighted by Crippen LogP contribution is 2.70. The molecule has 0 unspecified atom stereocenters. The van der Waals surface area contributed by atoms with E-state index < -0.39 is 11.2 Å². The predicted octanol–water partition coefficient (Wildman–Crippen LogP) is 6.12. The Balaban J connectivity index is 1.35. The molecule has 3 aliphatic heterocycles. The Labute approximate surface area is 207 Å². The molecule has 0 amide bonds. The third-order valence-electron chi connectivity index (χ3n) is 12.6. The predicted molar refractivity (Wildman–Crippen MR) is 134 cm³/mol. The van der Waals surface area contributed by atoms with Crippen LogP contribution in [0.1, 0.15) is 105 Å². The summed E-state index contributed by atoms with van der Waals surface area (Å²) < 4.78 is 12.4. The molecule has 0 radical (unpaired) electrons. The number of nitrogens with one attached hydrogen (secondary N) is 1. The molecule has 3 aliphatic carbocycles. The maximum Gasteiger partial charge on any atom is 0.166 e. The fourth-order valence-corrected chi connectivity index (χ4v) is 10.5. The van der Waals surface area contributed by atoms with E-state index in [2.05, 4.69) is 33.0 Å². The third-order valence-corrected chi connectivity index (χ3v) is 12.6. The number of ketones is 1. The average Bonchev–Trinajstić information content (AvgIpc) is 3.39. The first-order chi connectivity index (χ1) is 16.1. The molecule has 3 saturated heterocycles. The molecule has 34 heavy (non-hydrogen) atoms. The molecule has 6 fully saturated rings. The van der Waals surface area contributed by atoms with Crippen LogP contribution in [0.25, 0.3) is 0 Å². The lowest BCUT2D eigenvalue weighted by atomic mass is 9.40. The van der Waals surface area contributed by atoms with Crippen LogP contribution in [0, 0.1) is 45.8 Å². The van der Waals surface area contributed by atoms with Gasteiger partial charge in [0.2, 0.25) is 0 Å². The van der Waals surface area contributed by atoms with E-state index in [-0.39, 0.29) is 11.5 Å². The first-order valence-electron chi connectivity index (χ1n) is 14.7. The highest BCUT2D eigenvalue weighted by atomic mass is 16.7. The summed E-state index contributed by atoms with van der Waals surface area (Å²) in [7, 11) is 0. The molecule has 192 valence electrons. The van der Waals surface area contributed by atoms with Crippen LogP contribution in [0.3, 0.4) is 0 Å². The summed E-state index contributed by atoms with van der Waals surface area (Å²) in [5, 5.41) is 4.19. The number of ether oxygens (including phenoxy) is 2. The lowest BCUT2D eigenvalue weighted by Crippen LogP contribution is -2.71. The number of carbonyl (C=O) groups excluding carboxylic acids is 1. The molecule has 0 aromatic heterocycles. The Hall–Kier alpha value is -0.450. The fourth-order valence-electron chi connectivity index (χ4n) is 10.5. The first-order valence-corrected chi connectivity index (χ1v) is 14.7. The van der Waals surface area contributed by atoms with Crippen molar-refractivity contribution in [2.75, 3.05) is 13.2 Å². The lowest BCUT2D eigenvalue weighted by molar-refractivity contribution is -0.282. The molecule has 6 bridgehead atoms. The Bertz CT molecular complexity index is 828. The second-order valence-electron chi connectivity index (χ2n) is 14.3. The zero-order chi connectivity index (χ0) is 23.9. The van der Waals surface area contributed by atoms with Gasteiger partial charge in [0.1, 0.15) is 5.78 Å². The van der Waals surface area contributed by atoms with E-state index in [1.807, 2.05) is 6.92 Å². The van der Waals surface area contributed by atoms with Crippen molar-refractivity contribution >= 4 is 5.78 Å². The van der Waals surface area contributed by atoms with Crippen LogP contribution in [0.4, 0.5) is 0 Å². The average molecular weight is 472 g/mol. The largest absolute Gasteiger partial charge is 0.349 e. The summed E-state index contributed by atoms with van der Waals surface area (Å²) in [5.74, 6) is 3.80. The lowest BCUT2D eigenvalue weighted by Gasteiger charge is -2.68. The van der Waals surface area contributed by atoms with Gasteiger partial charge in [-0.3, -0.25) is 4.79 Å². The van der Waals surface area contributed by atoms with Crippen molar-refractivity contribution < 1.29 is 14.3 Å². The van der Waals surface area contributed by atoms with E-state index in [9.17, 15) is 4.79 Å². The number of piperidine rings is 1. The van der Waals surface area contributed by atoms with Crippen molar-refractivity contribution in [1.29, 1.82) is 0 Å². The second-order valence-corrected chi connectivity index (χ2v) is 14.3. The summed E-state index contributed by atoms with van der Waals surface area (Å²) >= 11 is 0. The second kappa shape index (κ2) is 8.02. The smallest absolute Gasteiger partial charge is 0.166 e. The zero-order valence-corrected chi connectivity index (χ0v) is 22.5. The molecule has 0 aromatic carbocycles. The number of hydrogen-bond acceptors (Lipinski definition) is 4. The van der Waals surface area contributed by atoms with Gasteiger partial charge in [-0.05, 0) is 106 Å². The minimum absolute atomic E-state index is 0.0281. The molecular formula is C30H49NO3. The van der Waals surface area contributed by atoms with Gasteiger partial charge in [0.25, 0.3) is 0 Å². The Morgan fingerprint density at radius 2 is 1.85 bits per heavy atom. The summed E-state index contributed by atoms with van der Waals surface area (Å²) in [6, 6.07) is 0.570. The topological polar surface area (TPSA) is 47.6 Å². The van der Waals surface area contributed by atoms with E-state index in [0.717, 1.165) is 42.9 Å². The van der Waals surface area contributed by atoms with Crippen molar-refractivity contribution in [2.24, 2.45) is 45.8 Å². The third kappa shape index (κ3) is 3.16. The van der Waals surface area contributed by atoms with Crippen molar-refractivity contribution in [3.05, 3.63) is 0 Å². The molecule has 6 rings (SSSR count). The van der Waals surface area contributed by atoms with Gasteiger partial charge in [-0.1, -0.05) is 33.6 Å². The summed E-state index contributed by atoms with van der Waals surface area (Å²) in [4.78, 5) is 14.0. The van der Waals surface area contributed by atoms with Crippen molar-refractivity contribution in [2.45, 2.75) is 123 Å². The number of fused-ring (bicyclic) bond motifs is 3. The normalized spacial score (nSPS) is 54.1. The van der Waals surface area contributed by atoms with Crippen molar-refractivity contribution in [1.82, 2.24) is 5.32 Å². The van der Waals surface area contributed by atoms with Gasteiger partial charge in [-0.15, -0.1) is 0 Å². The van der Waals surface area contributed by atoms with Gasteiger partial charge in [0, 0.05) is 18.9 Å². The molecule has 4 heteroatoms. The quantitative estimate of drug-likeness (QED) is 0.524. The van der Waals surface area contributed by atoms with E-state index in [0.29, 0.717) is 36.2 Å². The molecule has 3 saturated carbocycles. The summed E-state index contributed by atoms with van der Waals surface area (Å²) in [6.07, 6.45) is 13.4.